The van der Waals surface area contributed by atoms with Crippen LogP contribution >= 0.6 is 0 Å². The van der Waals surface area contributed by atoms with Crippen LogP contribution in [0.5, 0.6) is 0 Å². The lowest BCUT2D eigenvalue weighted by molar-refractivity contribution is 0.0934. The summed E-state index contributed by atoms with van der Waals surface area (Å²) in [6, 6.07) is -0.214. The Labute approximate surface area is 116 Å². The number of rotatable bonds is 5. The second-order valence-electron chi connectivity index (χ2n) is 4.59. The summed E-state index contributed by atoms with van der Waals surface area (Å²) in [6.45, 7) is 6.50. The van der Waals surface area contributed by atoms with Crippen molar-refractivity contribution in [2.45, 2.75) is 33.4 Å². The molecule has 3 N–H and O–H groups in total. The van der Waals surface area contributed by atoms with Gasteiger partial charge < -0.3 is 15.6 Å². The predicted octanol–water partition coefficient (Wildman–Crippen LogP) is 0.333. The highest BCUT2D eigenvalue weighted by Crippen LogP contribution is 2.20. The fourth-order valence-corrected chi connectivity index (χ4v) is 2.10. The van der Waals surface area contributed by atoms with Gasteiger partial charge in [-0.2, -0.15) is 0 Å². The van der Waals surface area contributed by atoms with E-state index in [0.717, 1.165) is 11.3 Å². The van der Waals surface area contributed by atoms with E-state index in [4.69, 9.17) is 10.3 Å². The van der Waals surface area contributed by atoms with E-state index in [1.165, 1.54) is 4.68 Å². The highest BCUT2D eigenvalue weighted by atomic mass is 16.5. The molecule has 2 heterocycles. The average molecular weight is 278 g/mol. The van der Waals surface area contributed by atoms with E-state index in [9.17, 15) is 4.79 Å². The molecule has 0 aliphatic carbocycles. The van der Waals surface area contributed by atoms with Crippen LogP contribution in [0.15, 0.2) is 10.7 Å². The minimum atomic E-state index is -0.291. The molecule has 0 aromatic carbocycles. The summed E-state index contributed by atoms with van der Waals surface area (Å²) < 4.78 is 6.63. The molecule has 0 spiro atoms. The largest absolute Gasteiger partial charge is 0.361 e. The number of nitrogens with two attached hydrogens (primary N) is 1. The van der Waals surface area contributed by atoms with Gasteiger partial charge in [-0.25, -0.2) is 0 Å². The Balaban J connectivity index is 2.07. The Kier molecular flexibility index (Phi) is 4.14. The maximum absolute atomic E-state index is 12.1. The first-order valence-corrected chi connectivity index (χ1v) is 6.36. The van der Waals surface area contributed by atoms with Gasteiger partial charge in [0.1, 0.15) is 5.76 Å². The Morgan fingerprint density at radius 3 is 2.90 bits per heavy atom. The van der Waals surface area contributed by atoms with Gasteiger partial charge in [-0.15, -0.1) is 5.10 Å². The molecule has 1 unspecified atom stereocenters. The van der Waals surface area contributed by atoms with E-state index in [0.29, 0.717) is 18.8 Å². The second-order valence-corrected chi connectivity index (χ2v) is 4.59. The van der Waals surface area contributed by atoms with E-state index in [1.807, 2.05) is 20.8 Å². The smallest absolute Gasteiger partial charge is 0.273 e. The van der Waals surface area contributed by atoms with Crippen LogP contribution in [0.4, 0.5) is 0 Å². The van der Waals surface area contributed by atoms with Crippen LogP contribution in [0.25, 0.3) is 0 Å². The number of amides is 1. The lowest BCUT2D eigenvalue weighted by Crippen LogP contribution is -2.27. The van der Waals surface area contributed by atoms with Crippen molar-refractivity contribution >= 4 is 5.91 Å². The molecular formula is C12H18N6O2. The maximum atomic E-state index is 12.1. The van der Waals surface area contributed by atoms with Crippen LogP contribution in [-0.2, 0) is 6.54 Å². The minimum absolute atomic E-state index is 0.214. The second kappa shape index (κ2) is 5.83. The van der Waals surface area contributed by atoms with Crippen LogP contribution in [0.2, 0.25) is 0 Å². The van der Waals surface area contributed by atoms with Crippen LogP contribution < -0.4 is 11.1 Å². The third-order valence-electron chi connectivity index (χ3n) is 3.00. The number of aromatic nitrogens is 4. The Morgan fingerprint density at radius 2 is 2.30 bits per heavy atom. The van der Waals surface area contributed by atoms with Crippen molar-refractivity contribution in [1.29, 1.82) is 0 Å². The molecule has 0 saturated heterocycles. The van der Waals surface area contributed by atoms with Crippen molar-refractivity contribution in [3.8, 4) is 0 Å². The standard InChI is InChI=1S/C12H18N6O2/c1-7(11-8(2)16-20-9(11)3)14-12(19)10-6-18(5-4-13)17-15-10/h6-7H,4-5,13H2,1-3H3,(H,14,19). The first kappa shape index (κ1) is 14.2. The quantitative estimate of drug-likeness (QED) is 0.815. The molecule has 0 radical (unpaired) electrons. The van der Waals surface area contributed by atoms with Crippen molar-refractivity contribution in [2.24, 2.45) is 5.73 Å². The summed E-state index contributed by atoms with van der Waals surface area (Å²) in [7, 11) is 0. The normalized spacial score (nSPS) is 12.4. The number of aryl methyl sites for hydroxylation is 2. The Bertz CT molecular complexity index is 583. The Hall–Kier alpha value is -2.22. The molecule has 2 rings (SSSR count). The summed E-state index contributed by atoms with van der Waals surface area (Å²) in [5, 5.41) is 14.4. The van der Waals surface area contributed by atoms with Gasteiger partial charge in [0.2, 0.25) is 0 Å². The summed E-state index contributed by atoms with van der Waals surface area (Å²) in [6.07, 6.45) is 1.57. The van der Waals surface area contributed by atoms with E-state index in [2.05, 4.69) is 20.8 Å². The van der Waals surface area contributed by atoms with E-state index in [1.54, 1.807) is 6.20 Å². The molecule has 20 heavy (non-hydrogen) atoms. The number of hydrogen-bond acceptors (Lipinski definition) is 6. The maximum Gasteiger partial charge on any atom is 0.273 e. The zero-order valence-electron chi connectivity index (χ0n) is 11.8. The molecule has 8 heteroatoms. The van der Waals surface area contributed by atoms with E-state index < -0.39 is 0 Å². The minimum Gasteiger partial charge on any atom is -0.361 e. The third kappa shape index (κ3) is 2.85. The fourth-order valence-electron chi connectivity index (χ4n) is 2.10. The molecule has 108 valence electrons. The molecule has 1 amide bonds. The van der Waals surface area contributed by atoms with Gasteiger partial charge in [-0.1, -0.05) is 10.4 Å². The molecule has 2 aromatic heterocycles. The average Bonchev–Trinajstić information content (AvgIpc) is 2.97. The van der Waals surface area contributed by atoms with Gasteiger partial charge in [0, 0.05) is 12.1 Å². The van der Waals surface area contributed by atoms with Crippen molar-refractivity contribution in [3.63, 3.8) is 0 Å². The van der Waals surface area contributed by atoms with E-state index >= 15 is 0 Å². The molecule has 0 aliphatic rings. The van der Waals surface area contributed by atoms with Gasteiger partial charge in [0.05, 0.1) is 24.5 Å². The fraction of sp³-hybridized carbons (Fsp3) is 0.500. The number of carbonyl (C=O) groups excluding carboxylic acids is 1. The van der Waals surface area contributed by atoms with Crippen molar-refractivity contribution < 1.29 is 9.32 Å². The van der Waals surface area contributed by atoms with Crippen LogP contribution in [0.1, 0.15) is 40.5 Å². The summed E-state index contributed by atoms with van der Waals surface area (Å²) in [4.78, 5) is 12.1. The predicted molar refractivity (Wildman–Crippen MR) is 70.9 cm³/mol. The van der Waals surface area contributed by atoms with Gasteiger partial charge in [0.15, 0.2) is 5.69 Å². The molecular weight excluding hydrogens is 260 g/mol. The first-order valence-electron chi connectivity index (χ1n) is 6.36. The molecule has 0 saturated carbocycles. The zero-order valence-corrected chi connectivity index (χ0v) is 11.8. The van der Waals surface area contributed by atoms with Crippen molar-refractivity contribution in [3.05, 3.63) is 28.9 Å². The summed E-state index contributed by atoms with van der Waals surface area (Å²) in [5.74, 6) is 0.405. The topological polar surface area (TPSA) is 112 Å². The Morgan fingerprint density at radius 1 is 1.55 bits per heavy atom. The lowest BCUT2D eigenvalue weighted by atomic mass is 10.1. The number of hydrogen-bond donors (Lipinski definition) is 2. The monoisotopic (exact) mass is 278 g/mol. The van der Waals surface area contributed by atoms with Gasteiger partial charge >= 0.3 is 0 Å². The van der Waals surface area contributed by atoms with Crippen LogP contribution in [-0.4, -0.2) is 32.6 Å². The van der Waals surface area contributed by atoms with Crippen LogP contribution in [0.3, 0.4) is 0 Å². The van der Waals surface area contributed by atoms with Gasteiger partial charge in [-0.3, -0.25) is 9.48 Å². The van der Waals surface area contributed by atoms with E-state index in [-0.39, 0.29) is 17.6 Å². The molecule has 0 aliphatic heterocycles. The molecule has 8 nitrogen and oxygen atoms in total. The van der Waals surface area contributed by atoms with Crippen LogP contribution in [0, 0.1) is 13.8 Å². The first-order chi connectivity index (χ1) is 9.52. The van der Waals surface area contributed by atoms with Gasteiger partial charge in [0.25, 0.3) is 5.91 Å². The summed E-state index contributed by atoms with van der Waals surface area (Å²) in [5.41, 5.74) is 7.33. The molecule has 0 bridgehead atoms. The molecule has 0 fully saturated rings. The number of nitrogens with one attached hydrogen (secondary N) is 1. The van der Waals surface area contributed by atoms with Crippen molar-refractivity contribution in [1.82, 2.24) is 25.5 Å². The highest BCUT2D eigenvalue weighted by Gasteiger charge is 2.20. The number of nitrogens with zero attached hydrogens (tertiary/aromatic N) is 4. The lowest BCUT2D eigenvalue weighted by Gasteiger charge is -2.12. The SMILES string of the molecule is Cc1noc(C)c1C(C)NC(=O)c1cn(CCN)nn1. The molecule has 2 aromatic rings. The summed E-state index contributed by atoms with van der Waals surface area (Å²) >= 11 is 0. The zero-order chi connectivity index (χ0) is 14.7. The van der Waals surface area contributed by atoms with Crippen molar-refractivity contribution in [2.75, 3.05) is 6.54 Å². The number of carbonyl (C=O) groups is 1. The van der Waals surface area contributed by atoms with Gasteiger partial charge in [-0.05, 0) is 20.8 Å². The molecule has 1 atom stereocenters. The third-order valence-corrected chi connectivity index (χ3v) is 3.00. The highest BCUT2D eigenvalue weighted by molar-refractivity contribution is 5.92.